The molecule has 0 bridgehead atoms. The van der Waals surface area contributed by atoms with Crippen molar-refractivity contribution in [2.75, 3.05) is 13.1 Å². The standard InChI is InChI=1S/C20H25N7O/c1-12-9-24-27(3)18(12)15-10-23-19(25-13(15)2)20(28)26-17-11-21-8-6-14(17)16-5-4-7-22-16/h4-5,7,9-10,14,17,21-22H,6,8,11H2,1-3H3,(H,26,28)/t14-,17+/m1/s1. The first-order valence-electron chi connectivity index (χ1n) is 9.52. The number of amides is 1. The van der Waals surface area contributed by atoms with E-state index in [1.54, 1.807) is 10.9 Å². The zero-order chi connectivity index (χ0) is 19.7. The Morgan fingerprint density at radius 3 is 2.86 bits per heavy atom. The smallest absolute Gasteiger partial charge is 0.289 e. The van der Waals surface area contributed by atoms with Crippen LogP contribution in [0.2, 0.25) is 0 Å². The molecule has 1 aliphatic rings. The maximum Gasteiger partial charge on any atom is 0.289 e. The zero-order valence-electron chi connectivity index (χ0n) is 16.4. The van der Waals surface area contributed by atoms with Crippen molar-refractivity contribution >= 4 is 5.91 Å². The van der Waals surface area contributed by atoms with Crippen LogP contribution in [0.1, 0.15) is 39.9 Å². The maximum atomic E-state index is 12.8. The summed E-state index contributed by atoms with van der Waals surface area (Å²) in [5, 5.41) is 10.7. The largest absolute Gasteiger partial charge is 0.365 e. The van der Waals surface area contributed by atoms with E-state index in [2.05, 4.69) is 36.8 Å². The first kappa shape index (κ1) is 18.4. The topological polar surface area (TPSA) is 101 Å². The molecule has 1 amide bonds. The van der Waals surface area contributed by atoms with Crippen LogP contribution in [0.5, 0.6) is 0 Å². The average molecular weight is 379 g/mol. The summed E-state index contributed by atoms with van der Waals surface area (Å²) in [6, 6.07) is 4.05. The molecule has 4 rings (SSSR count). The molecule has 2 atom stereocenters. The van der Waals surface area contributed by atoms with E-state index >= 15 is 0 Å². The zero-order valence-corrected chi connectivity index (χ0v) is 16.4. The van der Waals surface area contributed by atoms with E-state index in [1.165, 1.54) is 0 Å². The fraction of sp³-hybridized carbons (Fsp3) is 0.400. The Morgan fingerprint density at radius 1 is 1.32 bits per heavy atom. The second-order valence-electron chi connectivity index (χ2n) is 7.30. The van der Waals surface area contributed by atoms with Gasteiger partial charge in [-0.2, -0.15) is 5.10 Å². The summed E-state index contributed by atoms with van der Waals surface area (Å²) in [7, 11) is 1.89. The highest BCUT2D eigenvalue weighted by Gasteiger charge is 2.29. The number of aromatic nitrogens is 5. The van der Waals surface area contributed by atoms with Crippen molar-refractivity contribution in [3.8, 4) is 11.3 Å². The molecule has 3 N–H and O–H groups in total. The second kappa shape index (κ2) is 7.55. The van der Waals surface area contributed by atoms with Crippen LogP contribution in [0.25, 0.3) is 11.3 Å². The lowest BCUT2D eigenvalue weighted by atomic mass is 9.89. The highest BCUT2D eigenvalue weighted by Crippen LogP contribution is 2.26. The average Bonchev–Trinajstić information content (AvgIpc) is 3.33. The molecule has 8 nitrogen and oxygen atoms in total. The number of aromatic amines is 1. The number of carbonyl (C=O) groups excluding carboxylic acids is 1. The lowest BCUT2D eigenvalue weighted by molar-refractivity contribution is 0.0913. The normalized spacial score (nSPS) is 19.5. The van der Waals surface area contributed by atoms with Gasteiger partial charge in [-0.3, -0.25) is 9.48 Å². The predicted octanol–water partition coefficient (Wildman–Crippen LogP) is 1.70. The van der Waals surface area contributed by atoms with Crippen molar-refractivity contribution in [2.24, 2.45) is 7.05 Å². The van der Waals surface area contributed by atoms with Crippen molar-refractivity contribution in [2.45, 2.75) is 32.2 Å². The van der Waals surface area contributed by atoms with Gasteiger partial charge in [-0.1, -0.05) is 0 Å². The summed E-state index contributed by atoms with van der Waals surface area (Å²) >= 11 is 0. The van der Waals surface area contributed by atoms with Crippen LogP contribution in [0.3, 0.4) is 0 Å². The Morgan fingerprint density at radius 2 is 2.18 bits per heavy atom. The first-order valence-corrected chi connectivity index (χ1v) is 9.52. The van der Waals surface area contributed by atoms with Crippen LogP contribution < -0.4 is 10.6 Å². The Kier molecular flexibility index (Phi) is 4.95. The quantitative estimate of drug-likeness (QED) is 0.641. The van der Waals surface area contributed by atoms with Gasteiger partial charge >= 0.3 is 0 Å². The predicted molar refractivity (Wildman–Crippen MR) is 106 cm³/mol. The molecule has 3 aromatic heterocycles. The number of hydrogen-bond acceptors (Lipinski definition) is 5. The van der Waals surface area contributed by atoms with Crippen molar-refractivity contribution in [1.82, 2.24) is 35.4 Å². The molecular weight excluding hydrogens is 354 g/mol. The highest BCUT2D eigenvalue weighted by molar-refractivity contribution is 5.91. The minimum absolute atomic E-state index is 0.0113. The Balaban J connectivity index is 1.54. The fourth-order valence-electron chi connectivity index (χ4n) is 3.93. The summed E-state index contributed by atoms with van der Waals surface area (Å²) < 4.78 is 1.80. The number of nitrogens with zero attached hydrogens (tertiary/aromatic N) is 4. The van der Waals surface area contributed by atoms with Gasteiger partial charge < -0.3 is 15.6 Å². The molecule has 0 aromatic carbocycles. The lowest BCUT2D eigenvalue weighted by Gasteiger charge is -2.32. The number of carbonyl (C=O) groups is 1. The number of aryl methyl sites for hydroxylation is 3. The van der Waals surface area contributed by atoms with Crippen LogP contribution in [-0.2, 0) is 7.05 Å². The van der Waals surface area contributed by atoms with Crippen LogP contribution in [0, 0.1) is 13.8 Å². The summed E-state index contributed by atoms with van der Waals surface area (Å²) in [6.45, 7) is 5.55. The summed E-state index contributed by atoms with van der Waals surface area (Å²) in [5.74, 6) is 0.191. The highest BCUT2D eigenvalue weighted by atomic mass is 16.2. The lowest BCUT2D eigenvalue weighted by Crippen LogP contribution is -2.50. The molecule has 1 fully saturated rings. The molecule has 0 saturated carbocycles. The van der Waals surface area contributed by atoms with Crippen molar-refractivity contribution in [3.63, 3.8) is 0 Å². The fourth-order valence-corrected chi connectivity index (χ4v) is 3.93. The molecule has 1 saturated heterocycles. The SMILES string of the molecule is Cc1cnn(C)c1-c1cnc(C(=O)N[C@H]2CNCC[C@@H]2c2ccc[nH]2)nc1C. The third-order valence-electron chi connectivity index (χ3n) is 5.38. The maximum absolute atomic E-state index is 12.8. The summed E-state index contributed by atoms with van der Waals surface area (Å²) in [4.78, 5) is 24.9. The van der Waals surface area contributed by atoms with Gasteiger partial charge in [-0.25, -0.2) is 9.97 Å². The van der Waals surface area contributed by atoms with Gasteiger partial charge in [0, 0.05) is 43.2 Å². The monoisotopic (exact) mass is 379 g/mol. The van der Waals surface area contributed by atoms with E-state index < -0.39 is 0 Å². The van der Waals surface area contributed by atoms with Gasteiger partial charge in [-0.05, 0) is 44.5 Å². The molecule has 0 spiro atoms. The first-order chi connectivity index (χ1) is 13.5. The minimum atomic E-state index is -0.248. The molecule has 8 heteroatoms. The molecule has 146 valence electrons. The van der Waals surface area contributed by atoms with Crippen molar-refractivity contribution in [3.05, 3.63) is 53.5 Å². The van der Waals surface area contributed by atoms with Gasteiger partial charge in [0.1, 0.15) is 0 Å². The van der Waals surface area contributed by atoms with Gasteiger partial charge in [-0.15, -0.1) is 0 Å². The summed E-state index contributed by atoms with van der Waals surface area (Å²) in [6.07, 6.45) is 6.40. The van der Waals surface area contributed by atoms with Crippen LogP contribution in [0.15, 0.2) is 30.7 Å². The third-order valence-corrected chi connectivity index (χ3v) is 5.38. The van der Waals surface area contributed by atoms with Gasteiger partial charge in [0.25, 0.3) is 5.91 Å². The number of rotatable bonds is 4. The number of hydrogen-bond donors (Lipinski definition) is 3. The Hall–Kier alpha value is -3.00. The van der Waals surface area contributed by atoms with Crippen LogP contribution in [-0.4, -0.2) is 49.8 Å². The van der Waals surface area contributed by atoms with Crippen molar-refractivity contribution < 1.29 is 4.79 Å². The van der Waals surface area contributed by atoms with E-state index in [0.717, 1.165) is 47.7 Å². The molecule has 1 aliphatic heterocycles. The molecule has 3 aromatic rings. The van der Waals surface area contributed by atoms with E-state index in [9.17, 15) is 4.79 Å². The molecule has 0 aliphatic carbocycles. The van der Waals surface area contributed by atoms with Gasteiger partial charge in [0.05, 0.1) is 23.6 Å². The second-order valence-corrected chi connectivity index (χ2v) is 7.30. The molecule has 0 radical (unpaired) electrons. The van der Waals surface area contributed by atoms with E-state index in [-0.39, 0.29) is 23.7 Å². The summed E-state index contributed by atoms with van der Waals surface area (Å²) in [5.41, 5.74) is 4.80. The van der Waals surface area contributed by atoms with Crippen molar-refractivity contribution in [1.29, 1.82) is 0 Å². The van der Waals surface area contributed by atoms with Gasteiger partial charge in [0.15, 0.2) is 0 Å². The van der Waals surface area contributed by atoms with E-state index in [1.807, 2.05) is 39.4 Å². The number of nitrogens with one attached hydrogen (secondary N) is 3. The molecule has 4 heterocycles. The Labute approximate surface area is 163 Å². The molecule has 0 unspecified atom stereocenters. The molecular formula is C20H25N7O. The number of H-pyrrole nitrogens is 1. The number of piperidine rings is 1. The minimum Gasteiger partial charge on any atom is -0.365 e. The third kappa shape index (κ3) is 3.43. The van der Waals surface area contributed by atoms with Crippen LogP contribution in [0.4, 0.5) is 0 Å². The Bertz CT molecular complexity index is 957. The van der Waals surface area contributed by atoms with E-state index in [4.69, 9.17) is 0 Å². The van der Waals surface area contributed by atoms with Gasteiger partial charge in [0.2, 0.25) is 5.82 Å². The van der Waals surface area contributed by atoms with Crippen LogP contribution >= 0.6 is 0 Å². The molecule has 28 heavy (non-hydrogen) atoms. The van der Waals surface area contributed by atoms with E-state index in [0.29, 0.717) is 0 Å².